The van der Waals surface area contributed by atoms with E-state index in [1.165, 1.54) is 0 Å². The predicted molar refractivity (Wildman–Crippen MR) is 73.0 cm³/mol. The van der Waals surface area contributed by atoms with Gasteiger partial charge in [-0.15, -0.1) is 0 Å². The van der Waals surface area contributed by atoms with Gasteiger partial charge in [0, 0.05) is 18.2 Å². The zero-order valence-corrected chi connectivity index (χ0v) is 11.6. The fourth-order valence-corrected chi connectivity index (χ4v) is 2.55. The molecule has 4 heteroatoms. The molecule has 2 atom stereocenters. The van der Waals surface area contributed by atoms with Gasteiger partial charge in [-0.05, 0) is 25.2 Å². The standard InChI is InChI=1S/C15H22O4/c1-17-12-8-13(18-2)10-14(9-12)19-7-6-11-4-3-5-15(11)16/h8-11,15-16H,3-7H2,1-2H3. The van der Waals surface area contributed by atoms with Crippen LogP contribution in [0.5, 0.6) is 17.2 Å². The van der Waals surface area contributed by atoms with E-state index >= 15 is 0 Å². The molecule has 0 aliphatic heterocycles. The van der Waals surface area contributed by atoms with Crippen LogP contribution < -0.4 is 14.2 Å². The number of ether oxygens (including phenoxy) is 3. The summed E-state index contributed by atoms with van der Waals surface area (Å²) in [7, 11) is 3.24. The van der Waals surface area contributed by atoms with E-state index in [4.69, 9.17) is 14.2 Å². The Morgan fingerprint density at radius 1 is 1.05 bits per heavy atom. The number of hydrogen-bond acceptors (Lipinski definition) is 4. The average Bonchev–Trinajstić information content (AvgIpc) is 2.84. The molecule has 0 bridgehead atoms. The first-order chi connectivity index (χ1) is 9.22. The van der Waals surface area contributed by atoms with Crippen molar-refractivity contribution in [3.8, 4) is 17.2 Å². The van der Waals surface area contributed by atoms with Gasteiger partial charge in [-0.2, -0.15) is 0 Å². The summed E-state index contributed by atoms with van der Waals surface area (Å²) in [4.78, 5) is 0. The van der Waals surface area contributed by atoms with Crippen molar-refractivity contribution in [2.45, 2.75) is 31.8 Å². The van der Waals surface area contributed by atoms with Crippen LogP contribution in [-0.2, 0) is 0 Å². The molecule has 1 aliphatic carbocycles. The van der Waals surface area contributed by atoms with E-state index in [9.17, 15) is 5.11 Å². The van der Waals surface area contributed by atoms with E-state index < -0.39 is 0 Å². The molecule has 0 amide bonds. The Bertz CT molecular complexity index is 383. The van der Waals surface area contributed by atoms with Gasteiger partial charge in [-0.25, -0.2) is 0 Å². The summed E-state index contributed by atoms with van der Waals surface area (Å²) < 4.78 is 16.1. The highest BCUT2D eigenvalue weighted by atomic mass is 16.5. The Morgan fingerprint density at radius 3 is 2.21 bits per heavy atom. The third-order valence-corrected chi connectivity index (χ3v) is 3.70. The number of rotatable bonds is 6. The van der Waals surface area contributed by atoms with Crippen molar-refractivity contribution < 1.29 is 19.3 Å². The summed E-state index contributed by atoms with van der Waals surface area (Å²) in [6.07, 6.45) is 3.90. The lowest BCUT2D eigenvalue weighted by Gasteiger charge is -2.15. The van der Waals surface area contributed by atoms with Crippen LogP contribution in [-0.4, -0.2) is 32.0 Å². The van der Waals surface area contributed by atoms with Crippen LogP contribution in [0.1, 0.15) is 25.7 Å². The van der Waals surface area contributed by atoms with E-state index in [0.29, 0.717) is 12.5 Å². The molecule has 19 heavy (non-hydrogen) atoms. The monoisotopic (exact) mass is 266 g/mol. The molecule has 1 aromatic carbocycles. The smallest absolute Gasteiger partial charge is 0.126 e. The molecule has 4 nitrogen and oxygen atoms in total. The molecular weight excluding hydrogens is 244 g/mol. The van der Waals surface area contributed by atoms with Crippen molar-refractivity contribution in [2.75, 3.05) is 20.8 Å². The van der Waals surface area contributed by atoms with Gasteiger partial charge in [0.25, 0.3) is 0 Å². The van der Waals surface area contributed by atoms with E-state index in [0.717, 1.165) is 42.9 Å². The molecule has 0 saturated heterocycles. The first kappa shape index (κ1) is 14.0. The van der Waals surface area contributed by atoms with Crippen LogP contribution in [0, 0.1) is 5.92 Å². The van der Waals surface area contributed by atoms with E-state index in [1.807, 2.05) is 18.2 Å². The van der Waals surface area contributed by atoms with Gasteiger partial charge in [0.05, 0.1) is 26.9 Å². The fraction of sp³-hybridized carbons (Fsp3) is 0.600. The number of aliphatic hydroxyl groups excluding tert-OH is 1. The third kappa shape index (κ3) is 3.77. The second kappa shape index (κ2) is 6.66. The first-order valence-electron chi connectivity index (χ1n) is 6.77. The maximum absolute atomic E-state index is 9.75. The molecule has 2 rings (SSSR count). The lowest BCUT2D eigenvalue weighted by Crippen LogP contribution is -2.16. The minimum Gasteiger partial charge on any atom is -0.496 e. The Labute approximate surface area is 114 Å². The van der Waals surface area contributed by atoms with Gasteiger partial charge >= 0.3 is 0 Å². The molecule has 0 radical (unpaired) electrons. The van der Waals surface area contributed by atoms with Crippen LogP contribution in [0.4, 0.5) is 0 Å². The fourth-order valence-electron chi connectivity index (χ4n) is 2.55. The van der Waals surface area contributed by atoms with Gasteiger partial charge < -0.3 is 19.3 Å². The molecule has 0 spiro atoms. The highest BCUT2D eigenvalue weighted by Gasteiger charge is 2.24. The zero-order chi connectivity index (χ0) is 13.7. The summed E-state index contributed by atoms with van der Waals surface area (Å²) >= 11 is 0. The van der Waals surface area contributed by atoms with Crippen LogP contribution in [0.2, 0.25) is 0 Å². The van der Waals surface area contributed by atoms with Crippen molar-refractivity contribution in [2.24, 2.45) is 5.92 Å². The van der Waals surface area contributed by atoms with E-state index in [1.54, 1.807) is 14.2 Å². The Morgan fingerprint density at radius 2 is 1.68 bits per heavy atom. The largest absolute Gasteiger partial charge is 0.496 e. The van der Waals surface area contributed by atoms with Crippen LogP contribution >= 0.6 is 0 Å². The van der Waals surface area contributed by atoms with Gasteiger partial charge in [-0.3, -0.25) is 0 Å². The number of methoxy groups -OCH3 is 2. The average molecular weight is 266 g/mol. The quantitative estimate of drug-likeness (QED) is 0.860. The van der Waals surface area contributed by atoms with Gasteiger partial charge in [0.2, 0.25) is 0 Å². The Hall–Kier alpha value is -1.42. The number of hydrogen-bond donors (Lipinski definition) is 1. The minimum atomic E-state index is -0.150. The van der Waals surface area contributed by atoms with Crippen molar-refractivity contribution in [1.82, 2.24) is 0 Å². The summed E-state index contributed by atoms with van der Waals surface area (Å²) in [5.41, 5.74) is 0. The van der Waals surface area contributed by atoms with Crippen molar-refractivity contribution in [1.29, 1.82) is 0 Å². The number of benzene rings is 1. The second-order valence-electron chi connectivity index (χ2n) is 4.94. The Kier molecular flexibility index (Phi) is 4.91. The predicted octanol–water partition coefficient (Wildman–Crippen LogP) is 2.63. The lowest BCUT2D eigenvalue weighted by molar-refractivity contribution is 0.116. The van der Waals surface area contributed by atoms with Crippen molar-refractivity contribution >= 4 is 0 Å². The number of aliphatic hydroxyl groups is 1. The van der Waals surface area contributed by atoms with Crippen LogP contribution in [0.25, 0.3) is 0 Å². The molecule has 1 aromatic rings. The van der Waals surface area contributed by atoms with Crippen LogP contribution in [0.3, 0.4) is 0 Å². The molecule has 2 unspecified atom stereocenters. The SMILES string of the molecule is COc1cc(OC)cc(OCCC2CCCC2O)c1. The summed E-state index contributed by atoms with van der Waals surface area (Å²) in [5, 5.41) is 9.75. The Balaban J connectivity index is 1.88. The molecular formula is C15H22O4. The summed E-state index contributed by atoms with van der Waals surface area (Å²) in [6, 6.07) is 5.49. The highest BCUT2D eigenvalue weighted by Crippen LogP contribution is 2.30. The summed E-state index contributed by atoms with van der Waals surface area (Å²) in [6.45, 7) is 0.609. The zero-order valence-electron chi connectivity index (χ0n) is 11.6. The van der Waals surface area contributed by atoms with Gasteiger partial charge in [0.1, 0.15) is 17.2 Å². The minimum absolute atomic E-state index is 0.150. The van der Waals surface area contributed by atoms with Crippen molar-refractivity contribution in [3.05, 3.63) is 18.2 Å². The molecule has 1 fully saturated rings. The highest BCUT2D eigenvalue weighted by molar-refractivity contribution is 5.41. The van der Waals surface area contributed by atoms with Crippen LogP contribution in [0.15, 0.2) is 18.2 Å². The maximum atomic E-state index is 9.75. The van der Waals surface area contributed by atoms with E-state index in [-0.39, 0.29) is 6.10 Å². The lowest BCUT2D eigenvalue weighted by atomic mass is 10.0. The third-order valence-electron chi connectivity index (χ3n) is 3.70. The molecule has 1 aliphatic rings. The topological polar surface area (TPSA) is 47.9 Å². The molecule has 1 N–H and O–H groups in total. The molecule has 0 aromatic heterocycles. The normalized spacial score (nSPS) is 22.3. The summed E-state index contributed by atoms with van der Waals surface area (Å²) in [5.74, 6) is 2.56. The molecule has 106 valence electrons. The van der Waals surface area contributed by atoms with Gasteiger partial charge in [0.15, 0.2) is 0 Å². The second-order valence-corrected chi connectivity index (χ2v) is 4.94. The van der Waals surface area contributed by atoms with E-state index in [2.05, 4.69) is 0 Å². The van der Waals surface area contributed by atoms with Crippen molar-refractivity contribution in [3.63, 3.8) is 0 Å². The first-order valence-corrected chi connectivity index (χ1v) is 6.77. The van der Waals surface area contributed by atoms with Gasteiger partial charge in [-0.1, -0.05) is 6.42 Å². The molecule has 1 saturated carbocycles. The molecule has 0 heterocycles. The maximum Gasteiger partial charge on any atom is 0.126 e.